The van der Waals surface area contributed by atoms with E-state index in [1.807, 2.05) is 12.1 Å². The van der Waals surface area contributed by atoms with E-state index in [4.69, 9.17) is 4.74 Å². The van der Waals surface area contributed by atoms with Crippen molar-refractivity contribution < 1.29 is 9.13 Å². The molecule has 124 valence electrons. The highest BCUT2D eigenvalue weighted by Crippen LogP contribution is 2.26. The van der Waals surface area contributed by atoms with Crippen LogP contribution in [0.4, 0.5) is 15.9 Å². The summed E-state index contributed by atoms with van der Waals surface area (Å²) in [4.78, 5) is 16.2. The van der Waals surface area contributed by atoms with Gasteiger partial charge in [-0.25, -0.2) is 19.3 Å². The van der Waals surface area contributed by atoms with Gasteiger partial charge in [0, 0.05) is 17.8 Å². The molecular formula is C18H14FN5O. The fourth-order valence-corrected chi connectivity index (χ4v) is 2.51. The summed E-state index contributed by atoms with van der Waals surface area (Å²) in [5, 5.41) is 3.19. The highest BCUT2D eigenvalue weighted by molar-refractivity contribution is 5.89. The molecule has 4 aromatic rings. The Morgan fingerprint density at radius 2 is 2.04 bits per heavy atom. The van der Waals surface area contributed by atoms with Gasteiger partial charge in [0.15, 0.2) is 5.82 Å². The van der Waals surface area contributed by atoms with Crippen LogP contribution in [-0.2, 0) is 0 Å². The van der Waals surface area contributed by atoms with Crippen LogP contribution in [0.15, 0.2) is 54.9 Å². The third kappa shape index (κ3) is 2.99. The van der Waals surface area contributed by atoms with E-state index in [0.29, 0.717) is 28.6 Å². The number of H-pyrrole nitrogens is 1. The van der Waals surface area contributed by atoms with Gasteiger partial charge in [-0.2, -0.15) is 0 Å². The zero-order valence-electron chi connectivity index (χ0n) is 13.3. The molecule has 0 spiro atoms. The maximum Gasteiger partial charge on any atom is 0.213 e. The van der Waals surface area contributed by atoms with E-state index in [1.54, 1.807) is 37.7 Å². The second-order valence-corrected chi connectivity index (χ2v) is 5.37. The molecule has 1 aromatic carbocycles. The van der Waals surface area contributed by atoms with Crippen molar-refractivity contribution in [3.63, 3.8) is 0 Å². The SMILES string of the molecule is COc1ccc(Nc2nccc3[nH]c(-c4cccc(F)c4)nc23)cn1. The minimum absolute atomic E-state index is 0.307. The van der Waals surface area contributed by atoms with Gasteiger partial charge >= 0.3 is 0 Å². The molecule has 0 aliphatic carbocycles. The van der Waals surface area contributed by atoms with Gasteiger partial charge in [-0.05, 0) is 24.3 Å². The maximum atomic E-state index is 13.5. The van der Waals surface area contributed by atoms with E-state index in [0.717, 1.165) is 11.2 Å². The number of imidazole rings is 1. The Labute approximate surface area is 142 Å². The molecule has 0 amide bonds. The zero-order chi connectivity index (χ0) is 17.2. The predicted molar refractivity (Wildman–Crippen MR) is 93.4 cm³/mol. The molecular weight excluding hydrogens is 321 g/mol. The largest absolute Gasteiger partial charge is 0.481 e. The second-order valence-electron chi connectivity index (χ2n) is 5.37. The Hall–Kier alpha value is -3.48. The summed E-state index contributed by atoms with van der Waals surface area (Å²) in [6, 6.07) is 11.7. The summed E-state index contributed by atoms with van der Waals surface area (Å²) in [6.45, 7) is 0. The van der Waals surface area contributed by atoms with Crippen LogP contribution < -0.4 is 10.1 Å². The number of aromatic amines is 1. The van der Waals surface area contributed by atoms with Crippen molar-refractivity contribution in [2.45, 2.75) is 0 Å². The highest BCUT2D eigenvalue weighted by atomic mass is 19.1. The summed E-state index contributed by atoms with van der Waals surface area (Å²) in [6.07, 6.45) is 3.33. The van der Waals surface area contributed by atoms with E-state index < -0.39 is 0 Å². The lowest BCUT2D eigenvalue weighted by molar-refractivity contribution is 0.398. The van der Waals surface area contributed by atoms with Gasteiger partial charge in [-0.1, -0.05) is 12.1 Å². The number of methoxy groups -OCH3 is 1. The van der Waals surface area contributed by atoms with E-state index in [1.165, 1.54) is 12.1 Å². The average Bonchev–Trinajstić information content (AvgIpc) is 3.08. The molecule has 0 unspecified atom stereocenters. The minimum Gasteiger partial charge on any atom is -0.481 e. The van der Waals surface area contributed by atoms with Gasteiger partial charge in [-0.15, -0.1) is 0 Å². The van der Waals surface area contributed by atoms with E-state index in [2.05, 4.69) is 25.3 Å². The first-order valence-corrected chi connectivity index (χ1v) is 7.60. The number of halogens is 1. The predicted octanol–water partition coefficient (Wildman–Crippen LogP) is 3.91. The van der Waals surface area contributed by atoms with Crippen molar-refractivity contribution in [3.8, 4) is 17.3 Å². The molecule has 0 saturated carbocycles. The van der Waals surface area contributed by atoms with Gasteiger partial charge < -0.3 is 15.0 Å². The van der Waals surface area contributed by atoms with Crippen molar-refractivity contribution in [1.29, 1.82) is 0 Å². The molecule has 25 heavy (non-hydrogen) atoms. The number of benzene rings is 1. The molecule has 0 saturated heterocycles. The molecule has 6 nitrogen and oxygen atoms in total. The lowest BCUT2D eigenvalue weighted by atomic mass is 10.2. The smallest absolute Gasteiger partial charge is 0.213 e. The van der Waals surface area contributed by atoms with Crippen LogP contribution in [0.3, 0.4) is 0 Å². The van der Waals surface area contributed by atoms with Crippen molar-refractivity contribution >= 4 is 22.5 Å². The topological polar surface area (TPSA) is 75.7 Å². The molecule has 0 aliphatic rings. The lowest BCUT2D eigenvalue weighted by Gasteiger charge is -2.06. The van der Waals surface area contributed by atoms with Gasteiger partial charge in [0.25, 0.3) is 0 Å². The van der Waals surface area contributed by atoms with Crippen molar-refractivity contribution in [2.24, 2.45) is 0 Å². The third-order valence-corrected chi connectivity index (χ3v) is 3.71. The first-order chi connectivity index (χ1) is 12.2. The minimum atomic E-state index is -0.307. The van der Waals surface area contributed by atoms with E-state index in [9.17, 15) is 4.39 Å². The number of pyridine rings is 2. The number of anilines is 2. The monoisotopic (exact) mass is 335 g/mol. The fourth-order valence-electron chi connectivity index (χ4n) is 2.51. The van der Waals surface area contributed by atoms with Crippen LogP contribution in [0.1, 0.15) is 0 Å². The number of hydrogen-bond acceptors (Lipinski definition) is 5. The number of aromatic nitrogens is 4. The van der Waals surface area contributed by atoms with Crippen LogP contribution in [-0.4, -0.2) is 27.0 Å². The molecule has 0 fully saturated rings. The van der Waals surface area contributed by atoms with Crippen LogP contribution in [0.25, 0.3) is 22.4 Å². The second kappa shape index (κ2) is 6.20. The normalized spacial score (nSPS) is 10.8. The van der Waals surface area contributed by atoms with Crippen LogP contribution in [0.2, 0.25) is 0 Å². The molecule has 3 heterocycles. The Kier molecular flexibility index (Phi) is 3.74. The first kappa shape index (κ1) is 15.1. The Morgan fingerprint density at radius 1 is 1.12 bits per heavy atom. The molecule has 0 aliphatic heterocycles. The third-order valence-electron chi connectivity index (χ3n) is 3.71. The fraction of sp³-hybridized carbons (Fsp3) is 0.0556. The zero-order valence-corrected chi connectivity index (χ0v) is 13.3. The average molecular weight is 335 g/mol. The number of fused-ring (bicyclic) bond motifs is 1. The van der Waals surface area contributed by atoms with Gasteiger partial charge in [0.2, 0.25) is 5.88 Å². The van der Waals surface area contributed by atoms with Gasteiger partial charge in [0.05, 0.1) is 24.5 Å². The standard InChI is InChI=1S/C18H14FN5O/c1-25-15-6-5-13(10-21-15)22-18-16-14(7-8-20-18)23-17(24-16)11-3-2-4-12(19)9-11/h2-10H,1H3,(H,20,22)(H,23,24). The van der Waals surface area contributed by atoms with Crippen LogP contribution >= 0.6 is 0 Å². The Balaban J connectivity index is 1.72. The Bertz CT molecular complexity index is 1030. The number of ether oxygens (including phenoxy) is 1. The van der Waals surface area contributed by atoms with Crippen LogP contribution in [0.5, 0.6) is 5.88 Å². The van der Waals surface area contributed by atoms with Crippen molar-refractivity contribution in [3.05, 3.63) is 60.7 Å². The van der Waals surface area contributed by atoms with Crippen molar-refractivity contribution in [1.82, 2.24) is 19.9 Å². The number of rotatable bonds is 4. The van der Waals surface area contributed by atoms with E-state index in [-0.39, 0.29) is 5.82 Å². The summed E-state index contributed by atoms with van der Waals surface area (Å²) in [7, 11) is 1.56. The molecule has 0 atom stereocenters. The van der Waals surface area contributed by atoms with Crippen LogP contribution in [0, 0.1) is 5.82 Å². The molecule has 7 heteroatoms. The molecule has 3 aromatic heterocycles. The van der Waals surface area contributed by atoms with Gasteiger partial charge in [-0.3, -0.25) is 0 Å². The van der Waals surface area contributed by atoms with E-state index >= 15 is 0 Å². The maximum absolute atomic E-state index is 13.5. The lowest BCUT2D eigenvalue weighted by Crippen LogP contribution is -1.96. The molecule has 4 rings (SSSR count). The number of nitrogens with zero attached hydrogens (tertiary/aromatic N) is 3. The first-order valence-electron chi connectivity index (χ1n) is 7.60. The number of hydrogen-bond donors (Lipinski definition) is 2. The highest BCUT2D eigenvalue weighted by Gasteiger charge is 2.11. The van der Waals surface area contributed by atoms with Crippen molar-refractivity contribution in [2.75, 3.05) is 12.4 Å². The quantitative estimate of drug-likeness (QED) is 0.591. The molecule has 2 N–H and O–H groups in total. The summed E-state index contributed by atoms with van der Waals surface area (Å²) >= 11 is 0. The number of nitrogens with one attached hydrogen (secondary N) is 2. The molecule has 0 bridgehead atoms. The Morgan fingerprint density at radius 3 is 2.80 bits per heavy atom. The summed E-state index contributed by atoms with van der Waals surface area (Å²) < 4.78 is 18.5. The summed E-state index contributed by atoms with van der Waals surface area (Å²) in [5.74, 6) is 1.39. The molecule has 0 radical (unpaired) electrons. The summed E-state index contributed by atoms with van der Waals surface area (Å²) in [5.41, 5.74) is 2.90. The van der Waals surface area contributed by atoms with Gasteiger partial charge in [0.1, 0.15) is 17.2 Å².